The molecule has 2 aromatic rings. The standard InChI is InChI=1S/2C5H4N2O4.Zn/c2*8-3-1-2(4(9)10)6-5(11)7-3;/h2*1H,(H,9,10)(H2,6,7,8,11);/q;;+2/p-2. The first kappa shape index (κ1) is 19.9. The van der Waals surface area contributed by atoms with Gasteiger partial charge in [0.05, 0.1) is 23.3 Å². The topological polar surface area (TPSA) is 212 Å². The number of carboxylic acid groups (broad SMARTS) is 2. The van der Waals surface area contributed by atoms with Gasteiger partial charge in [-0.15, -0.1) is 0 Å². The minimum atomic E-state index is -1.59. The van der Waals surface area contributed by atoms with Gasteiger partial charge in [0.15, 0.2) is 0 Å². The summed E-state index contributed by atoms with van der Waals surface area (Å²) in [7, 11) is 0. The van der Waals surface area contributed by atoms with Crippen molar-refractivity contribution in [3.05, 3.63) is 65.2 Å². The maximum absolute atomic E-state index is 10.4. The Kier molecular flexibility index (Phi) is 7.26. The van der Waals surface area contributed by atoms with Crippen LogP contribution in [0.2, 0.25) is 0 Å². The van der Waals surface area contributed by atoms with Gasteiger partial charge in [-0.1, -0.05) is 0 Å². The van der Waals surface area contributed by atoms with E-state index in [2.05, 4.69) is 0 Å². The molecule has 0 aromatic carbocycles. The normalized spacial score (nSPS) is 9.04. The largest absolute Gasteiger partial charge is 2.00 e. The minimum Gasteiger partial charge on any atom is -0.543 e. The first-order chi connectivity index (χ1) is 10.2. The van der Waals surface area contributed by atoms with E-state index in [-0.39, 0.29) is 19.5 Å². The number of rotatable bonds is 2. The Morgan fingerprint density at radius 2 is 1.00 bits per heavy atom. The first-order valence-electron chi connectivity index (χ1n) is 5.29. The summed E-state index contributed by atoms with van der Waals surface area (Å²) in [5, 5.41) is 20.1. The second-order valence-electron chi connectivity index (χ2n) is 3.58. The molecular weight excluding hydrogens is 370 g/mol. The molecule has 0 unspecified atom stereocenters. The number of hydrogen-bond donors (Lipinski definition) is 4. The van der Waals surface area contributed by atoms with Crippen LogP contribution in [0.4, 0.5) is 0 Å². The zero-order chi connectivity index (χ0) is 16.9. The van der Waals surface area contributed by atoms with Crippen LogP contribution in [0, 0.1) is 0 Å². The number of aromatic amines is 4. The predicted molar refractivity (Wildman–Crippen MR) is 64.0 cm³/mol. The number of carboxylic acids is 2. The Morgan fingerprint density at radius 1 is 0.696 bits per heavy atom. The molecule has 0 amide bonds. The number of aromatic nitrogens is 4. The van der Waals surface area contributed by atoms with Crippen LogP contribution in [0.3, 0.4) is 0 Å². The molecule has 2 aromatic heterocycles. The van der Waals surface area contributed by atoms with E-state index in [1.165, 1.54) is 0 Å². The molecule has 0 bridgehead atoms. The third-order valence-corrected chi connectivity index (χ3v) is 1.96. The average Bonchev–Trinajstić information content (AvgIpc) is 2.37. The van der Waals surface area contributed by atoms with Crippen LogP contribution in [0.15, 0.2) is 31.3 Å². The molecule has 0 aliphatic heterocycles. The zero-order valence-corrected chi connectivity index (χ0v) is 14.1. The molecule has 0 atom stereocenters. The van der Waals surface area contributed by atoms with Crippen molar-refractivity contribution in [2.24, 2.45) is 0 Å². The zero-order valence-electron chi connectivity index (χ0n) is 11.1. The summed E-state index contributed by atoms with van der Waals surface area (Å²) in [4.78, 5) is 69.2. The van der Waals surface area contributed by atoms with Crippen LogP contribution < -0.4 is 32.7 Å². The third-order valence-electron chi connectivity index (χ3n) is 1.96. The van der Waals surface area contributed by atoms with Gasteiger partial charge in [-0.3, -0.25) is 19.6 Å². The molecule has 0 aliphatic carbocycles. The third kappa shape index (κ3) is 6.48. The van der Waals surface area contributed by atoms with E-state index < -0.39 is 45.8 Å². The van der Waals surface area contributed by atoms with Gasteiger partial charge >= 0.3 is 30.9 Å². The summed E-state index contributed by atoms with van der Waals surface area (Å²) in [6.07, 6.45) is 0. The van der Waals surface area contributed by atoms with E-state index in [9.17, 15) is 39.0 Å². The molecule has 0 saturated carbocycles. The van der Waals surface area contributed by atoms with Crippen molar-refractivity contribution in [1.82, 2.24) is 19.9 Å². The Hall–Kier alpha value is -3.08. The van der Waals surface area contributed by atoms with E-state index in [4.69, 9.17) is 0 Å². The summed E-state index contributed by atoms with van der Waals surface area (Å²) in [6.45, 7) is 0. The SMILES string of the molecule is O=C([O-])c1cc(=O)[nH]c(=O)[nH]1.O=C([O-])c1cc(=O)[nH]c(=O)[nH]1.[Zn+2]. The van der Waals surface area contributed by atoms with Crippen molar-refractivity contribution in [1.29, 1.82) is 0 Å². The molecule has 116 valence electrons. The molecule has 2 rings (SSSR count). The Bertz CT molecular complexity index is 803. The number of carbonyl (C=O) groups is 2. The van der Waals surface area contributed by atoms with E-state index in [0.29, 0.717) is 0 Å². The second-order valence-corrected chi connectivity index (χ2v) is 3.58. The van der Waals surface area contributed by atoms with Gasteiger partial charge in [0.1, 0.15) is 0 Å². The number of carbonyl (C=O) groups excluding carboxylic acids is 2. The number of H-pyrrole nitrogens is 4. The molecule has 12 nitrogen and oxygen atoms in total. The molecule has 23 heavy (non-hydrogen) atoms. The Morgan fingerprint density at radius 3 is 1.22 bits per heavy atom. The fourth-order valence-corrected chi connectivity index (χ4v) is 1.16. The Labute approximate surface area is 137 Å². The van der Waals surface area contributed by atoms with Crippen LogP contribution >= 0.6 is 0 Å². The van der Waals surface area contributed by atoms with Gasteiger partial charge in [0.2, 0.25) is 0 Å². The van der Waals surface area contributed by atoms with E-state index in [1.54, 1.807) is 0 Å². The molecule has 0 fully saturated rings. The molecular formula is C10H6N4O8Zn. The van der Waals surface area contributed by atoms with Gasteiger partial charge in [-0.2, -0.15) is 0 Å². The van der Waals surface area contributed by atoms with Crippen molar-refractivity contribution >= 4 is 11.9 Å². The van der Waals surface area contributed by atoms with Crippen LogP contribution in [-0.4, -0.2) is 31.9 Å². The molecule has 2 heterocycles. The Balaban J connectivity index is 0.000000403. The van der Waals surface area contributed by atoms with Crippen LogP contribution in [0.25, 0.3) is 0 Å². The first-order valence-corrected chi connectivity index (χ1v) is 5.29. The van der Waals surface area contributed by atoms with E-state index >= 15 is 0 Å². The van der Waals surface area contributed by atoms with Gasteiger partial charge in [-0.25, -0.2) is 9.59 Å². The van der Waals surface area contributed by atoms with Crippen LogP contribution in [-0.2, 0) is 19.5 Å². The van der Waals surface area contributed by atoms with Crippen molar-refractivity contribution in [2.45, 2.75) is 0 Å². The summed E-state index contributed by atoms with van der Waals surface area (Å²) in [5.41, 5.74) is -4.33. The summed E-state index contributed by atoms with van der Waals surface area (Å²) in [5.74, 6) is -3.18. The van der Waals surface area contributed by atoms with Gasteiger partial charge in [0, 0.05) is 12.1 Å². The van der Waals surface area contributed by atoms with Crippen molar-refractivity contribution in [2.75, 3.05) is 0 Å². The summed E-state index contributed by atoms with van der Waals surface area (Å²) >= 11 is 0. The average molecular weight is 376 g/mol. The molecule has 0 aliphatic rings. The quantitative estimate of drug-likeness (QED) is 0.371. The smallest absolute Gasteiger partial charge is 0.543 e. The molecule has 0 radical (unpaired) electrons. The summed E-state index contributed by atoms with van der Waals surface area (Å²) < 4.78 is 0. The van der Waals surface area contributed by atoms with Crippen LogP contribution in [0.5, 0.6) is 0 Å². The van der Waals surface area contributed by atoms with E-state index in [1.807, 2.05) is 19.9 Å². The van der Waals surface area contributed by atoms with Crippen molar-refractivity contribution < 1.29 is 39.3 Å². The molecule has 4 N–H and O–H groups in total. The van der Waals surface area contributed by atoms with Crippen molar-refractivity contribution in [3.8, 4) is 0 Å². The van der Waals surface area contributed by atoms with Crippen molar-refractivity contribution in [3.63, 3.8) is 0 Å². The van der Waals surface area contributed by atoms with Gasteiger partial charge in [-0.05, 0) is 0 Å². The molecule has 13 heteroatoms. The number of nitrogens with one attached hydrogen (secondary N) is 4. The number of aromatic carboxylic acids is 2. The molecule has 0 saturated heterocycles. The van der Waals surface area contributed by atoms with Gasteiger partial charge < -0.3 is 29.8 Å². The van der Waals surface area contributed by atoms with E-state index in [0.717, 1.165) is 12.1 Å². The monoisotopic (exact) mass is 374 g/mol. The maximum Gasteiger partial charge on any atom is 2.00 e. The molecule has 0 spiro atoms. The number of hydrogen-bond acceptors (Lipinski definition) is 8. The fraction of sp³-hybridized carbons (Fsp3) is 0. The minimum absolute atomic E-state index is 0. The maximum atomic E-state index is 10.4. The fourth-order valence-electron chi connectivity index (χ4n) is 1.16. The van der Waals surface area contributed by atoms with Gasteiger partial charge in [0.25, 0.3) is 11.1 Å². The van der Waals surface area contributed by atoms with Crippen LogP contribution in [0.1, 0.15) is 21.0 Å². The summed E-state index contributed by atoms with van der Waals surface area (Å²) in [6, 6.07) is 1.47. The predicted octanol–water partition coefficient (Wildman–Crippen LogP) is -5.15. The second kappa shape index (κ2) is 8.39.